The lowest BCUT2D eigenvalue weighted by Crippen LogP contribution is -2.27. The molecule has 8 heteroatoms. The summed E-state index contributed by atoms with van der Waals surface area (Å²) in [6, 6.07) is 14.1. The molecule has 0 aliphatic heterocycles. The molecule has 1 unspecified atom stereocenters. The molecule has 0 saturated carbocycles. The van der Waals surface area contributed by atoms with Crippen molar-refractivity contribution in [1.82, 2.24) is 20.1 Å². The molecule has 0 aliphatic carbocycles. The number of carbonyl (C=O) groups excluding carboxylic acids is 1. The highest BCUT2D eigenvalue weighted by molar-refractivity contribution is 6.31. The van der Waals surface area contributed by atoms with Crippen LogP contribution in [0.2, 0.25) is 5.02 Å². The van der Waals surface area contributed by atoms with Crippen molar-refractivity contribution in [2.75, 3.05) is 0 Å². The Bertz CT molecular complexity index is 1130. The highest BCUT2D eigenvalue weighted by atomic mass is 35.5. The van der Waals surface area contributed by atoms with Crippen molar-refractivity contribution in [3.05, 3.63) is 76.9 Å². The van der Waals surface area contributed by atoms with Crippen LogP contribution < -0.4 is 10.1 Å². The average Bonchev–Trinajstić information content (AvgIpc) is 3.36. The van der Waals surface area contributed by atoms with Crippen molar-refractivity contribution in [1.29, 1.82) is 0 Å². The number of oxazole rings is 1. The monoisotopic (exact) mass is 410 g/mol. The Labute approximate surface area is 172 Å². The first-order chi connectivity index (χ1) is 14.0. The predicted octanol–water partition coefficient (Wildman–Crippen LogP) is 4.51. The number of fused-ring (bicyclic) bond motifs is 1. The molecule has 7 nitrogen and oxygen atoms in total. The Morgan fingerprint density at radius 2 is 2.10 bits per heavy atom. The second-order valence-electron chi connectivity index (χ2n) is 6.64. The van der Waals surface area contributed by atoms with Crippen LogP contribution in [-0.4, -0.2) is 20.7 Å². The molecule has 4 rings (SSSR count). The largest absolute Gasteiger partial charge is 0.471 e. The van der Waals surface area contributed by atoms with Crippen molar-refractivity contribution < 1.29 is 13.9 Å². The molecule has 1 amide bonds. The summed E-state index contributed by atoms with van der Waals surface area (Å²) in [6.07, 6.45) is 1.68. The molecule has 0 saturated heterocycles. The van der Waals surface area contributed by atoms with Gasteiger partial charge >= 0.3 is 0 Å². The van der Waals surface area contributed by atoms with Crippen molar-refractivity contribution >= 4 is 28.6 Å². The minimum absolute atomic E-state index is 0.176. The van der Waals surface area contributed by atoms with Gasteiger partial charge in [-0.15, -0.1) is 0 Å². The lowest BCUT2D eigenvalue weighted by molar-refractivity contribution is 0.0927. The van der Waals surface area contributed by atoms with Crippen LogP contribution in [0.1, 0.15) is 34.9 Å². The van der Waals surface area contributed by atoms with Gasteiger partial charge in [0.2, 0.25) is 5.89 Å². The van der Waals surface area contributed by atoms with Crippen LogP contribution in [0.3, 0.4) is 0 Å². The number of carbonyl (C=O) groups is 1. The molecule has 1 N–H and O–H groups in total. The van der Waals surface area contributed by atoms with E-state index in [0.717, 1.165) is 11.1 Å². The molecule has 0 fully saturated rings. The zero-order valence-electron chi connectivity index (χ0n) is 15.9. The summed E-state index contributed by atoms with van der Waals surface area (Å²) in [5.74, 6) is 0.805. The number of aryl methyl sites for hydroxylation is 1. The summed E-state index contributed by atoms with van der Waals surface area (Å²) in [7, 11) is 0. The van der Waals surface area contributed by atoms with Crippen LogP contribution in [-0.2, 0) is 6.73 Å². The number of hydrogen-bond donors (Lipinski definition) is 1. The topological polar surface area (TPSA) is 82.2 Å². The van der Waals surface area contributed by atoms with Crippen molar-refractivity contribution in [3.8, 4) is 5.75 Å². The van der Waals surface area contributed by atoms with E-state index in [0.29, 0.717) is 22.2 Å². The summed E-state index contributed by atoms with van der Waals surface area (Å²) in [6.45, 7) is 3.89. The fourth-order valence-electron chi connectivity index (χ4n) is 2.81. The quantitative estimate of drug-likeness (QED) is 0.505. The molecule has 29 heavy (non-hydrogen) atoms. The highest BCUT2D eigenvalue weighted by Crippen LogP contribution is 2.22. The van der Waals surface area contributed by atoms with E-state index >= 15 is 0 Å². The van der Waals surface area contributed by atoms with Crippen LogP contribution in [0.25, 0.3) is 11.1 Å². The van der Waals surface area contributed by atoms with E-state index < -0.39 is 6.04 Å². The van der Waals surface area contributed by atoms with E-state index in [4.69, 9.17) is 20.8 Å². The van der Waals surface area contributed by atoms with Gasteiger partial charge in [0.05, 0.1) is 0 Å². The van der Waals surface area contributed by atoms with Crippen LogP contribution in [0, 0.1) is 6.92 Å². The molecule has 4 aromatic rings. The molecule has 0 bridgehead atoms. The van der Waals surface area contributed by atoms with Gasteiger partial charge in [-0.1, -0.05) is 23.7 Å². The Balaban J connectivity index is 1.38. The number of nitrogens with one attached hydrogen (secondary N) is 1. The third-order valence-corrected chi connectivity index (χ3v) is 4.82. The SMILES string of the molecule is Cc1cc(OCn2ccc(C(=O)NC(C)c3nc4ccccc4o3)n2)ccc1Cl. The second kappa shape index (κ2) is 7.97. The maximum Gasteiger partial charge on any atom is 0.272 e. The van der Waals surface area contributed by atoms with Crippen molar-refractivity contribution in [2.24, 2.45) is 0 Å². The van der Waals surface area contributed by atoms with Gasteiger partial charge in [-0.2, -0.15) is 5.10 Å². The number of ether oxygens (including phenoxy) is 1. The lowest BCUT2D eigenvalue weighted by Gasteiger charge is -2.09. The first-order valence-electron chi connectivity index (χ1n) is 9.08. The predicted molar refractivity (Wildman–Crippen MR) is 109 cm³/mol. The zero-order chi connectivity index (χ0) is 20.4. The summed E-state index contributed by atoms with van der Waals surface area (Å²) in [5.41, 5.74) is 2.65. The Morgan fingerprint density at radius 3 is 2.90 bits per heavy atom. The van der Waals surface area contributed by atoms with Gasteiger partial charge < -0.3 is 14.5 Å². The van der Waals surface area contributed by atoms with Gasteiger partial charge in [-0.3, -0.25) is 4.79 Å². The average molecular weight is 411 g/mol. The van der Waals surface area contributed by atoms with Gasteiger partial charge in [-0.05, 0) is 55.8 Å². The third-order valence-electron chi connectivity index (χ3n) is 4.39. The summed E-state index contributed by atoms with van der Waals surface area (Å²) in [4.78, 5) is 16.9. The van der Waals surface area contributed by atoms with E-state index in [1.165, 1.54) is 0 Å². The molecule has 0 radical (unpaired) electrons. The normalized spacial score (nSPS) is 12.1. The number of para-hydroxylation sites is 2. The summed E-state index contributed by atoms with van der Waals surface area (Å²) >= 11 is 6.02. The van der Waals surface area contributed by atoms with Crippen LogP contribution in [0.4, 0.5) is 0 Å². The Hall–Kier alpha value is -3.32. The fourth-order valence-corrected chi connectivity index (χ4v) is 2.93. The molecule has 2 aromatic heterocycles. The van der Waals surface area contributed by atoms with E-state index in [1.807, 2.05) is 44.2 Å². The number of benzene rings is 2. The molecular formula is C21H19ClN4O3. The molecular weight excluding hydrogens is 392 g/mol. The molecule has 2 aromatic carbocycles. The maximum absolute atomic E-state index is 12.5. The number of amides is 1. The van der Waals surface area contributed by atoms with E-state index in [2.05, 4.69) is 15.4 Å². The lowest BCUT2D eigenvalue weighted by atomic mass is 10.2. The second-order valence-corrected chi connectivity index (χ2v) is 7.05. The number of halogens is 1. The molecule has 0 aliphatic rings. The van der Waals surface area contributed by atoms with Crippen LogP contribution in [0.5, 0.6) is 5.75 Å². The molecule has 2 heterocycles. The number of hydrogen-bond acceptors (Lipinski definition) is 5. The number of nitrogens with zero attached hydrogens (tertiary/aromatic N) is 3. The van der Waals surface area contributed by atoms with E-state index in [9.17, 15) is 4.79 Å². The number of aromatic nitrogens is 3. The van der Waals surface area contributed by atoms with Gasteiger partial charge in [-0.25, -0.2) is 9.67 Å². The summed E-state index contributed by atoms with van der Waals surface area (Å²) < 4.78 is 12.9. The van der Waals surface area contributed by atoms with E-state index in [-0.39, 0.29) is 18.3 Å². The Kier molecular flexibility index (Phi) is 5.22. The van der Waals surface area contributed by atoms with Gasteiger partial charge in [0.25, 0.3) is 5.91 Å². The zero-order valence-corrected chi connectivity index (χ0v) is 16.7. The van der Waals surface area contributed by atoms with Crippen LogP contribution >= 0.6 is 11.6 Å². The summed E-state index contributed by atoms with van der Waals surface area (Å²) in [5, 5.41) is 7.79. The smallest absolute Gasteiger partial charge is 0.272 e. The minimum atomic E-state index is -0.395. The van der Waals surface area contributed by atoms with E-state index in [1.54, 1.807) is 29.1 Å². The fraction of sp³-hybridized carbons (Fsp3) is 0.190. The first-order valence-corrected chi connectivity index (χ1v) is 9.46. The molecule has 0 spiro atoms. The van der Waals surface area contributed by atoms with Crippen molar-refractivity contribution in [3.63, 3.8) is 0 Å². The first kappa shape index (κ1) is 19.0. The van der Waals surface area contributed by atoms with Crippen molar-refractivity contribution in [2.45, 2.75) is 26.6 Å². The standard InChI is InChI=1S/C21H19ClN4O3/c1-13-11-15(7-8-16(13)22)28-12-26-10-9-18(25-26)20(27)23-14(2)21-24-17-5-3-4-6-19(17)29-21/h3-11,14H,12H2,1-2H3,(H,23,27). The molecule has 1 atom stereocenters. The maximum atomic E-state index is 12.5. The number of rotatable bonds is 6. The van der Waals surface area contributed by atoms with Gasteiger partial charge in [0, 0.05) is 11.2 Å². The third kappa shape index (κ3) is 4.25. The minimum Gasteiger partial charge on any atom is -0.471 e. The Morgan fingerprint density at radius 1 is 1.28 bits per heavy atom. The van der Waals surface area contributed by atoms with Crippen LogP contribution in [0.15, 0.2) is 59.1 Å². The highest BCUT2D eigenvalue weighted by Gasteiger charge is 2.18. The van der Waals surface area contributed by atoms with Gasteiger partial charge in [0.15, 0.2) is 12.3 Å². The van der Waals surface area contributed by atoms with Gasteiger partial charge in [0.1, 0.15) is 23.0 Å². The molecule has 148 valence electrons.